The lowest BCUT2D eigenvalue weighted by atomic mass is 10.0. The van der Waals surface area contributed by atoms with Crippen LogP contribution in [0.5, 0.6) is 11.5 Å². The molecule has 7 nitrogen and oxygen atoms in total. The fourth-order valence-electron chi connectivity index (χ4n) is 2.27. The summed E-state index contributed by atoms with van der Waals surface area (Å²) in [5.74, 6) is 0.228. The lowest BCUT2D eigenvalue weighted by Gasteiger charge is -2.22. The van der Waals surface area contributed by atoms with Gasteiger partial charge in [0.1, 0.15) is 18.9 Å². The van der Waals surface area contributed by atoms with Crippen LogP contribution in [-0.4, -0.2) is 41.6 Å². The van der Waals surface area contributed by atoms with Crippen LogP contribution < -0.4 is 9.47 Å². The molecule has 0 fully saturated rings. The van der Waals surface area contributed by atoms with Gasteiger partial charge in [-0.2, -0.15) is 5.10 Å². The molecule has 0 amide bonds. The number of aromatic amines is 1. The Morgan fingerprint density at radius 2 is 2.24 bits per heavy atom. The molecule has 110 valence electrons. The van der Waals surface area contributed by atoms with Gasteiger partial charge < -0.3 is 19.3 Å². The van der Waals surface area contributed by atoms with Gasteiger partial charge >= 0.3 is 5.97 Å². The van der Waals surface area contributed by atoms with Gasteiger partial charge in [-0.1, -0.05) is 0 Å². The number of methoxy groups -OCH3 is 1. The average molecular weight is 290 g/mol. The van der Waals surface area contributed by atoms with Gasteiger partial charge in [-0.3, -0.25) is 5.10 Å². The van der Waals surface area contributed by atoms with Crippen molar-refractivity contribution in [3.8, 4) is 22.8 Å². The highest BCUT2D eigenvalue weighted by molar-refractivity contribution is 5.87. The van der Waals surface area contributed by atoms with E-state index in [1.54, 1.807) is 13.2 Å². The number of benzene rings is 1. The third-order valence-electron chi connectivity index (χ3n) is 3.18. The quantitative estimate of drug-likeness (QED) is 0.890. The van der Waals surface area contributed by atoms with Gasteiger partial charge in [0.25, 0.3) is 0 Å². The Kier molecular flexibility index (Phi) is 3.49. The third kappa shape index (κ3) is 2.43. The van der Waals surface area contributed by atoms with Crippen LogP contribution >= 0.6 is 0 Å². The van der Waals surface area contributed by atoms with E-state index in [1.165, 1.54) is 6.07 Å². The Labute approximate surface area is 120 Å². The molecule has 1 aromatic carbocycles. The van der Waals surface area contributed by atoms with Crippen molar-refractivity contribution in [2.45, 2.75) is 6.61 Å². The van der Waals surface area contributed by atoms with Crippen LogP contribution in [0.3, 0.4) is 0 Å². The Morgan fingerprint density at radius 1 is 1.43 bits per heavy atom. The SMILES string of the molecule is COCc1c(-c2cc(C(=O)O)[nH]n2)ccc2c1OCCO2. The minimum Gasteiger partial charge on any atom is -0.486 e. The van der Waals surface area contributed by atoms with E-state index in [2.05, 4.69) is 10.2 Å². The molecular weight excluding hydrogens is 276 g/mol. The molecule has 0 bridgehead atoms. The van der Waals surface area contributed by atoms with Gasteiger partial charge in [0, 0.05) is 18.2 Å². The lowest BCUT2D eigenvalue weighted by molar-refractivity contribution is 0.0690. The molecule has 2 heterocycles. The van der Waals surface area contributed by atoms with E-state index < -0.39 is 5.97 Å². The van der Waals surface area contributed by atoms with Crippen molar-refractivity contribution in [3.05, 3.63) is 29.5 Å². The van der Waals surface area contributed by atoms with Gasteiger partial charge in [0.05, 0.1) is 12.3 Å². The highest BCUT2D eigenvalue weighted by Gasteiger charge is 2.21. The van der Waals surface area contributed by atoms with E-state index >= 15 is 0 Å². The number of carboxylic acid groups (broad SMARTS) is 1. The first kappa shape index (κ1) is 13.4. The van der Waals surface area contributed by atoms with Gasteiger partial charge in [-0.15, -0.1) is 0 Å². The zero-order chi connectivity index (χ0) is 14.8. The zero-order valence-electron chi connectivity index (χ0n) is 11.4. The lowest BCUT2D eigenvalue weighted by Crippen LogP contribution is -2.17. The zero-order valence-corrected chi connectivity index (χ0v) is 11.4. The molecule has 0 saturated carbocycles. The molecule has 0 saturated heterocycles. The Bertz CT molecular complexity index is 680. The number of nitrogens with one attached hydrogen (secondary N) is 1. The number of nitrogens with zero attached hydrogens (tertiary/aromatic N) is 1. The number of carboxylic acids is 1. The Morgan fingerprint density at radius 3 is 2.95 bits per heavy atom. The van der Waals surface area contributed by atoms with Crippen LogP contribution in [0.4, 0.5) is 0 Å². The summed E-state index contributed by atoms with van der Waals surface area (Å²) in [7, 11) is 1.58. The summed E-state index contributed by atoms with van der Waals surface area (Å²) in [6.07, 6.45) is 0. The molecular formula is C14H14N2O5. The van der Waals surface area contributed by atoms with Crippen molar-refractivity contribution in [3.63, 3.8) is 0 Å². The molecule has 7 heteroatoms. The summed E-state index contributed by atoms with van der Waals surface area (Å²) in [5.41, 5.74) is 2.10. The van der Waals surface area contributed by atoms with Crippen molar-refractivity contribution in [2.75, 3.05) is 20.3 Å². The summed E-state index contributed by atoms with van der Waals surface area (Å²) in [5, 5.41) is 15.5. The van der Waals surface area contributed by atoms with Crippen LogP contribution in [-0.2, 0) is 11.3 Å². The standard InChI is InChI=1S/C14H14N2O5/c1-19-7-9-8(10-6-11(14(17)18)16-15-10)2-3-12-13(9)21-5-4-20-12/h2-3,6H,4-5,7H2,1H3,(H,15,16)(H,17,18). The van der Waals surface area contributed by atoms with Crippen molar-refractivity contribution in [1.29, 1.82) is 0 Å². The fourth-order valence-corrected chi connectivity index (χ4v) is 2.27. The van der Waals surface area contributed by atoms with Crippen molar-refractivity contribution in [1.82, 2.24) is 10.2 Å². The van der Waals surface area contributed by atoms with E-state index in [9.17, 15) is 4.79 Å². The number of aromatic nitrogens is 2. The van der Waals surface area contributed by atoms with E-state index in [1.807, 2.05) is 6.07 Å². The summed E-state index contributed by atoms with van der Waals surface area (Å²) < 4.78 is 16.4. The Balaban J connectivity index is 2.10. The molecule has 1 aliphatic heterocycles. The van der Waals surface area contributed by atoms with Crippen LogP contribution in [0.25, 0.3) is 11.3 Å². The topological polar surface area (TPSA) is 93.7 Å². The van der Waals surface area contributed by atoms with Crippen LogP contribution in [0, 0.1) is 0 Å². The molecule has 1 aromatic heterocycles. The monoisotopic (exact) mass is 290 g/mol. The summed E-state index contributed by atoms with van der Waals surface area (Å²) in [6.45, 7) is 1.29. The van der Waals surface area contributed by atoms with E-state index in [4.69, 9.17) is 19.3 Å². The van der Waals surface area contributed by atoms with Gasteiger partial charge in [-0.25, -0.2) is 4.79 Å². The number of ether oxygens (including phenoxy) is 3. The second kappa shape index (κ2) is 5.45. The van der Waals surface area contributed by atoms with E-state index in [-0.39, 0.29) is 5.69 Å². The average Bonchev–Trinajstić information content (AvgIpc) is 2.98. The van der Waals surface area contributed by atoms with Crippen LogP contribution in [0.1, 0.15) is 16.1 Å². The predicted octanol–water partition coefficient (Wildman–Crippen LogP) is 1.69. The van der Waals surface area contributed by atoms with Crippen LogP contribution in [0.15, 0.2) is 18.2 Å². The van der Waals surface area contributed by atoms with Crippen molar-refractivity contribution in [2.24, 2.45) is 0 Å². The summed E-state index contributed by atoms with van der Waals surface area (Å²) in [6, 6.07) is 5.09. The maximum Gasteiger partial charge on any atom is 0.353 e. The first-order valence-electron chi connectivity index (χ1n) is 6.40. The number of hydrogen-bond acceptors (Lipinski definition) is 5. The number of hydrogen-bond donors (Lipinski definition) is 2. The van der Waals surface area contributed by atoms with Gasteiger partial charge in [-0.05, 0) is 18.2 Å². The number of aromatic carboxylic acids is 1. The minimum atomic E-state index is -1.06. The van der Waals surface area contributed by atoms with Gasteiger partial charge in [0.2, 0.25) is 0 Å². The first-order valence-corrected chi connectivity index (χ1v) is 6.40. The number of rotatable bonds is 4. The maximum absolute atomic E-state index is 10.9. The highest BCUT2D eigenvalue weighted by Crippen LogP contribution is 2.39. The summed E-state index contributed by atoms with van der Waals surface area (Å²) in [4.78, 5) is 10.9. The number of carbonyl (C=O) groups is 1. The highest BCUT2D eigenvalue weighted by atomic mass is 16.6. The van der Waals surface area contributed by atoms with E-state index in [0.29, 0.717) is 37.0 Å². The normalized spacial score (nSPS) is 13.2. The smallest absolute Gasteiger partial charge is 0.353 e. The molecule has 0 unspecified atom stereocenters. The minimum absolute atomic E-state index is 0.0308. The predicted molar refractivity (Wildman–Crippen MR) is 72.7 cm³/mol. The number of H-pyrrole nitrogens is 1. The summed E-state index contributed by atoms with van der Waals surface area (Å²) >= 11 is 0. The van der Waals surface area contributed by atoms with Crippen molar-refractivity contribution < 1.29 is 24.1 Å². The largest absolute Gasteiger partial charge is 0.486 e. The Hall–Kier alpha value is -2.54. The third-order valence-corrected chi connectivity index (χ3v) is 3.18. The van der Waals surface area contributed by atoms with Crippen LogP contribution in [0.2, 0.25) is 0 Å². The van der Waals surface area contributed by atoms with Crippen molar-refractivity contribution >= 4 is 5.97 Å². The molecule has 0 radical (unpaired) electrons. The van der Waals surface area contributed by atoms with Gasteiger partial charge in [0.15, 0.2) is 11.5 Å². The molecule has 0 atom stereocenters. The molecule has 1 aliphatic rings. The molecule has 2 N–H and O–H groups in total. The maximum atomic E-state index is 10.9. The fraction of sp³-hybridized carbons (Fsp3) is 0.286. The molecule has 0 spiro atoms. The van der Waals surface area contributed by atoms with E-state index in [0.717, 1.165) is 11.1 Å². The molecule has 2 aromatic rings. The second-order valence-corrected chi connectivity index (χ2v) is 4.52. The second-order valence-electron chi connectivity index (χ2n) is 4.52. The molecule has 21 heavy (non-hydrogen) atoms. The number of fused-ring (bicyclic) bond motifs is 1. The molecule has 3 rings (SSSR count). The molecule has 0 aliphatic carbocycles. The first-order chi connectivity index (χ1) is 10.2.